The van der Waals surface area contributed by atoms with E-state index < -0.39 is 77.3 Å². The van der Waals surface area contributed by atoms with Crippen LogP contribution in [0.15, 0.2) is 54.5 Å². The Hall–Kier alpha value is -5.44. The van der Waals surface area contributed by atoms with E-state index in [1.807, 2.05) is 19.1 Å². The molecule has 0 spiro atoms. The number of pyridine rings is 1. The monoisotopic (exact) mass is 785 g/mol. The van der Waals surface area contributed by atoms with Crippen LogP contribution in [0, 0.1) is 37.5 Å². The van der Waals surface area contributed by atoms with Gasteiger partial charge < -0.3 is 44.7 Å². The van der Waals surface area contributed by atoms with E-state index in [4.69, 9.17) is 23.9 Å². The van der Waals surface area contributed by atoms with Crippen molar-refractivity contribution in [2.24, 2.45) is 23.7 Å². The highest BCUT2D eigenvalue weighted by Crippen LogP contribution is 2.54. The first-order valence-corrected chi connectivity index (χ1v) is 19.0. The van der Waals surface area contributed by atoms with E-state index in [1.165, 1.54) is 40.2 Å². The fourth-order valence-corrected chi connectivity index (χ4v) is 8.03. The van der Waals surface area contributed by atoms with Crippen molar-refractivity contribution in [3.8, 4) is 17.2 Å². The largest absolute Gasteiger partial charge is 0.507 e. The molecule has 6 rings (SSSR count). The predicted octanol–water partition coefficient (Wildman–Crippen LogP) is 6.16. The maximum absolute atomic E-state index is 14.6. The van der Waals surface area contributed by atoms with E-state index in [-0.39, 0.29) is 55.7 Å². The summed E-state index contributed by atoms with van der Waals surface area (Å²) >= 11 is 0. The minimum absolute atomic E-state index is 0.0185. The number of aromatic nitrogens is 2. The van der Waals surface area contributed by atoms with Gasteiger partial charge in [-0.25, -0.2) is 4.98 Å². The number of imidazole rings is 1. The summed E-state index contributed by atoms with van der Waals surface area (Å²) in [6, 6.07) is 3.64. The second-order valence-electron chi connectivity index (χ2n) is 15.6. The molecule has 0 unspecified atom stereocenters. The molecular weight excluding hydrogens is 734 g/mol. The lowest BCUT2D eigenvalue weighted by Crippen LogP contribution is -2.46. The summed E-state index contributed by atoms with van der Waals surface area (Å²) in [5.74, 6) is -6.96. The minimum Gasteiger partial charge on any atom is -0.507 e. The maximum atomic E-state index is 14.6. The van der Waals surface area contributed by atoms with Crippen molar-refractivity contribution in [3.63, 3.8) is 0 Å². The van der Waals surface area contributed by atoms with Gasteiger partial charge in [0.15, 0.2) is 5.75 Å². The van der Waals surface area contributed by atoms with E-state index >= 15 is 0 Å². The Kier molecular flexibility index (Phi) is 11.2. The average molecular weight is 786 g/mol. The number of fused-ring (bicyclic) bond motifs is 2. The Bertz CT molecular complexity index is 2380. The number of ether oxygens (including phenoxy) is 4. The van der Waals surface area contributed by atoms with Gasteiger partial charge in [-0.3, -0.25) is 18.8 Å². The van der Waals surface area contributed by atoms with Crippen LogP contribution in [0.5, 0.6) is 17.2 Å². The van der Waals surface area contributed by atoms with Crippen LogP contribution in [0.1, 0.15) is 70.0 Å². The molecule has 0 fully saturated rings. The van der Waals surface area contributed by atoms with Gasteiger partial charge in [0.25, 0.3) is 11.7 Å². The van der Waals surface area contributed by atoms with Crippen LogP contribution in [0.2, 0.25) is 0 Å². The van der Waals surface area contributed by atoms with Gasteiger partial charge in [0.2, 0.25) is 0 Å². The number of benzene rings is 2. The van der Waals surface area contributed by atoms with E-state index in [0.29, 0.717) is 5.65 Å². The van der Waals surface area contributed by atoms with Crippen molar-refractivity contribution in [1.29, 1.82) is 0 Å². The van der Waals surface area contributed by atoms with Crippen LogP contribution in [-0.4, -0.2) is 84.8 Å². The topological polar surface area (TPSA) is 198 Å². The molecule has 4 heterocycles. The Morgan fingerprint density at radius 1 is 0.982 bits per heavy atom. The first-order chi connectivity index (χ1) is 26.8. The Labute approximate surface area is 330 Å². The lowest BCUT2D eigenvalue weighted by Gasteiger charge is -2.38. The van der Waals surface area contributed by atoms with Crippen LogP contribution < -0.4 is 10.1 Å². The summed E-state index contributed by atoms with van der Waals surface area (Å²) < 4.78 is 25.5. The number of anilines is 1. The van der Waals surface area contributed by atoms with Gasteiger partial charge in [0, 0.05) is 67.3 Å². The van der Waals surface area contributed by atoms with Gasteiger partial charge >= 0.3 is 11.8 Å². The first kappa shape index (κ1) is 41.2. The molecule has 2 aromatic carbocycles. The molecule has 0 aliphatic carbocycles. The zero-order valence-corrected chi connectivity index (χ0v) is 33.8. The number of nitrogens with one attached hydrogen (secondary N) is 1. The van der Waals surface area contributed by atoms with Crippen LogP contribution in [0.25, 0.3) is 27.5 Å². The minimum atomic E-state index is -1.96. The SMILES string of the molecule is CO[C@H]1C=CO[C@@]2(C)Oc3c(C)c(O)c4c(O)c(c5c(nc6cc(C)ccn65)c4c3C2=O)NC(=O)/C(C)=C\C=C/[C@H](C)[C@H](O)[C@@H](C)[C@@H](O)[C@@H](C)[C@H](OC(C)=O)[C@@H]1C. The lowest BCUT2D eigenvalue weighted by atomic mass is 9.78. The number of aliphatic hydroxyl groups is 2. The quantitative estimate of drug-likeness (QED) is 0.115. The molecule has 14 heteroatoms. The maximum Gasteiger partial charge on any atom is 0.312 e. The van der Waals surface area contributed by atoms with E-state index in [9.17, 15) is 34.8 Å². The van der Waals surface area contributed by atoms with E-state index in [1.54, 1.807) is 63.4 Å². The number of hydrogen-bond acceptors (Lipinski definition) is 12. The van der Waals surface area contributed by atoms with E-state index in [2.05, 4.69) is 5.32 Å². The van der Waals surface area contributed by atoms with Crippen molar-refractivity contribution in [2.45, 2.75) is 92.5 Å². The zero-order chi connectivity index (χ0) is 41.8. The van der Waals surface area contributed by atoms with Crippen molar-refractivity contribution in [2.75, 3.05) is 12.4 Å². The third-order valence-corrected chi connectivity index (χ3v) is 11.5. The van der Waals surface area contributed by atoms with Gasteiger partial charge in [0.05, 0.1) is 35.5 Å². The number of aliphatic hydroxyl groups excluding tert-OH is 2. The number of nitrogens with zero attached hydrogens (tertiary/aromatic N) is 2. The molecule has 2 aliphatic heterocycles. The molecule has 1 amide bonds. The number of methoxy groups -OCH3 is 1. The van der Waals surface area contributed by atoms with Gasteiger partial charge in [-0.05, 0) is 44.5 Å². The molecule has 2 aromatic heterocycles. The Morgan fingerprint density at radius 3 is 2.35 bits per heavy atom. The smallest absolute Gasteiger partial charge is 0.312 e. The van der Waals surface area contributed by atoms with Gasteiger partial charge in [-0.1, -0.05) is 45.9 Å². The molecule has 9 atom stereocenters. The number of Topliss-reactive ketones (excluding diaryl/α,β-unsaturated/α-hetero) is 1. The fraction of sp³-hybridized carbons (Fsp3) is 0.442. The average Bonchev–Trinajstić information content (AvgIpc) is 3.67. The number of aromatic hydroxyl groups is 2. The molecule has 57 heavy (non-hydrogen) atoms. The first-order valence-electron chi connectivity index (χ1n) is 19.0. The number of rotatable bonds is 2. The summed E-state index contributed by atoms with van der Waals surface area (Å²) in [6.45, 7) is 14.7. The summed E-state index contributed by atoms with van der Waals surface area (Å²) in [6.07, 6.45) is 5.62. The third kappa shape index (κ3) is 7.10. The molecule has 304 valence electrons. The van der Waals surface area contributed by atoms with Gasteiger partial charge in [-0.2, -0.15) is 0 Å². The summed E-state index contributed by atoms with van der Waals surface area (Å²) in [4.78, 5) is 45.6. The summed E-state index contributed by atoms with van der Waals surface area (Å²) in [5.41, 5.74) is 2.18. The lowest BCUT2D eigenvalue weighted by molar-refractivity contribution is -0.160. The molecule has 14 nitrogen and oxygen atoms in total. The standard InChI is InChI=1S/C43H51N3O11/c1-19-14-16-46-28(18-19)44-32-29-30-37(50)25(7)40-31(29)41(52)43(9,57-40)55-17-15-27(54-10)22(4)39(56-26(8)47)24(6)36(49)23(5)35(48)20(2)12-11-13-21(3)42(53)45-33(34(32)46)38(30)51/h11-18,20,22-24,27,35-36,39,48-51H,1-10H3,(H,45,53)/b12-11-,17-15?,21-13-/t20-,22+,23+,24+,27-,35-,36+,39+,43-/m0/s1. The molecule has 0 saturated heterocycles. The predicted molar refractivity (Wildman–Crippen MR) is 213 cm³/mol. The van der Waals surface area contributed by atoms with Gasteiger partial charge in [-0.15, -0.1) is 0 Å². The van der Waals surface area contributed by atoms with Crippen molar-refractivity contribution < 1.29 is 53.8 Å². The number of phenolic OH excluding ortho intramolecular Hbond substituents is 2. The Balaban J connectivity index is 1.58. The van der Waals surface area contributed by atoms with Crippen LogP contribution in [0.4, 0.5) is 5.69 Å². The number of hydrogen-bond donors (Lipinski definition) is 5. The van der Waals surface area contributed by atoms with Crippen molar-refractivity contribution >= 4 is 50.8 Å². The Morgan fingerprint density at radius 2 is 1.68 bits per heavy atom. The van der Waals surface area contributed by atoms with Gasteiger partial charge in [0.1, 0.15) is 40.0 Å². The highest BCUT2D eigenvalue weighted by atomic mass is 16.7. The number of carbonyl (C=O) groups is 3. The summed E-state index contributed by atoms with van der Waals surface area (Å²) in [5, 5.41) is 49.4. The number of carbonyl (C=O) groups excluding carboxylic acids is 3. The normalized spacial score (nSPS) is 30.3. The zero-order valence-electron chi connectivity index (χ0n) is 33.8. The van der Waals surface area contributed by atoms with Crippen molar-refractivity contribution in [1.82, 2.24) is 9.38 Å². The molecular formula is C43H51N3O11. The van der Waals surface area contributed by atoms with Crippen LogP contribution in [0.3, 0.4) is 0 Å². The molecule has 0 radical (unpaired) electrons. The number of esters is 1. The van der Waals surface area contributed by atoms with Crippen LogP contribution >= 0.6 is 0 Å². The second kappa shape index (κ2) is 15.5. The van der Waals surface area contributed by atoms with Crippen molar-refractivity contribution in [3.05, 3.63) is 71.2 Å². The number of aryl methyl sites for hydroxylation is 1. The van der Waals surface area contributed by atoms with E-state index in [0.717, 1.165) is 5.56 Å². The number of ketones is 1. The third-order valence-electron chi connectivity index (χ3n) is 11.5. The highest BCUT2D eigenvalue weighted by molar-refractivity contribution is 6.28. The number of allylic oxidation sites excluding steroid dienone is 2. The molecule has 4 aromatic rings. The molecule has 2 aliphatic rings. The van der Waals surface area contributed by atoms with Crippen LogP contribution in [-0.2, 0) is 23.8 Å². The second-order valence-corrected chi connectivity index (χ2v) is 15.6. The number of phenols is 2. The highest BCUT2D eigenvalue weighted by Gasteiger charge is 2.50. The fourth-order valence-electron chi connectivity index (χ4n) is 8.03. The summed E-state index contributed by atoms with van der Waals surface area (Å²) in [7, 11) is 1.46. The number of amides is 1. The molecule has 5 N–H and O–H groups in total. The molecule has 0 saturated carbocycles. The molecule has 4 bridgehead atoms.